The van der Waals surface area contributed by atoms with Gasteiger partial charge in [-0.2, -0.15) is 11.8 Å². The fourth-order valence-corrected chi connectivity index (χ4v) is 2.67. The molecule has 2 heterocycles. The maximum Gasteiger partial charge on any atom is 0.247 e. The highest BCUT2D eigenvalue weighted by atomic mass is 32.2. The molecule has 0 saturated carbocycles. The van der Waals surface area contributed by atoms with Crippen LogP contribution in [0.4, 0.5) is 0 Å². The van der Waals surface area contributed by atoms with Crippen LogP contribution in [0, 0.1) is 0 Å². The number of allylic oxidation sites excluding steroid dienone is 1. The summed E-state index contributed by atoms with van der Waals surface area (Å²) in [5, 5.41) is 6.31. The number of thioether (sulfide) groups is 1. The number of amides is 1. The van der Waals surface area contributed by atoms with E-state index in [1.807, 2.05) is 11.8 Å². The molecule has 78 valence electrons. The van der Waals surface area contributed by atoms with E-state index in [2.05, 4.69) is 16.7 Å². The topological polar surface area (TPSA) is 41.1 Å². The average Bonchev–Trinajstić information content (AvgIpc) is 2.72. The molecule has 2 rings (SSSR count). The predicted octanol–water partition coefficient (Wildman–Crippen LogP) is 0.528. The standard InChI is InChI=1S/C10H16N2OS/c13-10(8-2-1-5-14-7-8)12-9-3-4-11-6-9/h2,9,11H,1,3-7H2,(H,12,13). The second-order valence-corrected chi connectivity index (χ2v) is 4.84. The Hall–Kier alpha value is -0.480. The average molecular weight is 212 g/mol. The van der Waals surface area contributed by atoms with Gasteiger partial charge in [-0.1, -0.05) is 6.08 Å². The predicted molar refractivity (Wildman–Crippen MR) is 59.4 cm³/mol. The molecule has 0 spiro atoms. The van der Waals surface area contributed by atoms with E-state index in [0.717, 1.165) is 43.0 Å². The van der Waals surface area contributed by atoms with Crippen molar-refractivity contribution >= 4 is 17.7 Å². The maximum atomic E-state index is 11.7. The summed E-state index contributed by atoms with van der Waals surface area (Å²) in [5.41, 5.74) is 0.966. The minimum atomic E-state index is 0.144. The van der Waals surface area contributed by atoms with Crippen LogP contribution in [0.2, 0.25) is 0 Å². The zero-order chi connectivity index (χ0) is 9.80. The highest BCUT2D eigenvalue weighted by molar-refractivity contribution is 7.99. The molecule has 4 heteroatoms. The van der Waals surface area contributed by atoms with Gasteiger partial charge in [-0.3, -0.25) is 4.79 Å². The number of hydrogen-bond acceptors (Lipinski definition) is 3. The second kappa shape index (κ2) is 4.84. The van der Waals surface area contributed by atoms with Crippen molar-refractivity contribution in [2.24, 2.45) is 0 Å². The van der Waals surface area contributed by atoms with Crippen LogP contribution in [0.15, 0.2) is 11.6 Å². The van der Waals surface area contributed by atoms with Gasteiger partial charge in [-0.15, -0.1) is 0 Å². The fraction of sp³-hybridized carbons (Fsp3) is 0.700. The zero-order valence-electron chi connectivity index (χ0n) is 8.21. The molecular weight excluding hydrogens is 196 g/mol. The Kier molecular flexibility index (Phi) is 3.48. The third kappa shape index (κ3) is 2.51. The van der Waals surface area contributed by atoms with E-state index in [9.17, 15) is 4.79 Å². The third-order valence-electron chi connectivity index (χ3n) is 2.60. The van der Waals surface area contributed by atoms with Gasteiger partial charge in [0, 0.05) is 23.9 Å². The van der Waals surface area contributed by atoms with Gasteiger partial charge >= 0.3 is 0 Å². The molecule has 0 aromatic rings. The minimum Gasteiger partial charge on any atom is -0.348 e. The monoisotopic (exact) mass is 212 g/mol. The van der Waals surface area contributed by atoms with Crippen molar-refractivity contribution < 1.29 is 4.79 Å². The summed E-state index contributed by atoms with van der Waals surface area (Å²) in [7, 11) is 0. The van der Waals surface area contributed by atoms with Crippen molar-refractivity contribution in [3.63, 3.8) is 0 Å². The summed E-state index contributed by atoms with van der Waals surface area (Å²) in [6, 6.07) is 0.343. The van der Waals surface area contributed by atoms with Gasteiger partial charge in [-0.25, -0.2) is 0 Å². The number of hydrogen-bond donors (Lipinski definition) is 2. The van der Waals surface area contributed by atoms with E-state index in [-0.39, 0.29) is 5.91 Å². The Labute approximate surface area is 88.7 Å². The maximum absolute atomic E-state index is 11.7. The van der Waals surface area contributed by atoms with Crippen LogP contribution >= 0.6 is 11.8 Å². The first-order valence-corrected chi connectivity index (χ1v) is 6.30. The third-order valence-corrected chi connectivity index (χ3v) is 3.64. The number of rotatable bonds is 2. The van der Waals surface area contributed by atoms with Gasteiger partial charge < -0.3 is 10.6 Å². The molecule has 1 saturated heterocycles. The molecule has 14 heavy (non-hydrogen) atoms. The lowest BCUT2D eigenvalue weighted by Crippen LogP contribution is -2.37. The van der Waals surface area contributed by atoms with Crippen molar-refractivity contribution in [3.05, 3.63) is 11.6 Å². The summed E-state index contributed by atoms with van der Waals surface area (Å²) >= 11 is 1.84. The van der Waals surface area contributed by atoms with Crippen molar-refractivity contribution in [3.8, 4) is 0 Å². The zero-order valence-corrected chi connectivity index (χ0v) is 9.03. The van der Waals surface area contributed by atoms with E-state index >= 15 is 0 Å². The van der Waals surface area contributed by atoms with Crippen LogP contribution in [0.3, 0.4) is 0 Å². The van der Waals surface area contributed by atoms with Gasteiger partial charge in [0.25, 0.3) is 0 Å². The molecule has 0 aromatic heterocycles. The summed E-state index contributed by atoms with van der Waals surface area (Å²) < 4.78 is 0. The summed E-state index contributed by atoms with van der Waals surface area (Å²) in [6.45, 7) is 1.95. The van der Waals surface area contributed by atoms with E-state index in [1.165, 1.54) is 0 Å². The molecule has 0 radical (unpaired) electrons. The largest absolute Gasteiger partial charge is 0.348 e. The lowest BCUT2D eigenvalue weighted by atomic mass is 10.2. The first kappa shape index (κ1) is 10.1. The Morgan fingerprint density at radius 2 is 2.57 bits per heavy atom. The molecule has 1 fully saturated rings. The minimum absolute atomic E-state index is 0.144. The van der Waals surface area contributed by atoms with Crippen LogP contribution in [-0.4, -0.2) is 36.5 Å². The summed E-state index contributed by atoms with van der Waals surface area (Å²) in [5.74, 6) is 2.18. The number of nitrogens with one attached hydrogen (secondary N) is 2. The summed E-state index contributed by atoms with van der Waals surface area (Å²) in [4.78, 5) is 11.7. The smallest absolute Gasteiger partial charge is 0.247 e. The lowest BCUT2D eigenvalue weighted by Gasteiger charge is -2.15. The van der Waals surface area contributed by atoms with E-state index in [0.29, 0.717) is 6.04 Å². The molecule has 2 aliphatic heterocycles. The molecule has 2 aliphatic rings. The van der Waals surface area contributed by atoms with Crippen LogP contribution in [-0.2, 0) is 4.79 Å². The van der Waals surface area contributed by atoms with Gasteiger partial charge in [0.15, 0.2) is 0 Å². The Morgan fingerprint density at radius 1 is 1.64 bits per heavy atom. The molecule has 1 atom stereocenters. The first-order valence-electron chi connectivity index (χ1n) is 5.14. The van der Waals surface area contributed by atoms with E-state index in [1.54, 1.807) is 0 Å². The quantitative estimate of drug-likeness (QED) is 0.701. The SMILES string of the molecule is O=C(NC1CCNC1)C1=CCCSC1. The molecule has 0 bridgehead atoms. The Balaban J connectivity index is 1.84. The van der Waals surface area contributed by atoms with E-state index < -0.39 is 0 Å². The van der Waals surface area contributed by atoms with E-state index in [4.69, 9.17) is 0 Å². The number of carbonyl (C=O) groups excluding carboxylic acids is 1. The molecule has 1 unspecified atom stereocenters. The molecule has 0 aliphatic carbocycles. The number of carbonyl (C=O) groups is 1. The van der Waals surface area contributed by atoms with Gasteiger partial charge in [0.2, 0.25) is 5.91 Å². The van der Waals surface area contributed by atoms with Crippen LogP contribution in [0.1, 0.15) is 12.8 Å². The highest BCUT2D eigenvalue weighted by Crippen LogP contribution is 2.17. The van der Waals surface area contributed by atoms with Gasteiger partial charge in [0.1, 0.15) is 0 Å². The Morgan fingerprint density at radius 3 is 3.21 bits per heavy atom. The second-order valence-electron chi connectivity index (χ2n) is 3.73. The van der Waals surface area contributed by atoms with Crippen molar-refractivity contribution in [2.45, 2.75) is 18.9 Å². The summed E-state index contributed by atoms with van der Waals surface area (Å²) in [6.07, 6.45) is 4.18. The van der Waals surface area contributed by atoms with Crippen molar-refractivity contribution in [1.29, 1.82) is 0 Å². The van der Waals surface area contributed by atoms with Crippen molar-refractivity contribution in [1.82, 2.24) is 10.6 Å². The lowest BCUT2D eigenvalue weighted by molar-refractivity contribution is -0.118. The van der Waals surface area contributed by atoms with Crippen LogP contribution in [0.5, 0.6) is 0 Å². The fourth-order valence-electron chi connectivity index (χ4n) is 1.77. The first-order chi connectivity index (χ1) is 6.86. The molecule has 1 amide bonds. The molecule has 3 nitrogen and oxygen atoms in total. The molecular formula is C10H16N2OS. The van der Waals surface area contributed by atoms with Gasteiger partial charge in [-0.05, 0) is 25.1 Å². The molecule has 0 aromatic carbocycles. The Bertz CT molecular complexity index is 247. The van der Waals surface area contributed by atoms with Crippen LogP contribution < -0.4 is 10.6 Å². The van der Waals surface area contributed by atoms with Crippen LogP contribution in [0.25, 0.3) is 0 Å². The highest BCUT2D eigenvalue weighted by Gasteiger charge is 2.19. The van der Waals surface area contributed by atoms with Crippen molar-refractivity contribution in [2.75, 3.05) is 24.6 Å². The van der Waals surface area contributed by atoms with Gasteiger partial charge in [0.05, 0.1) is 0 Å². The molecule has 2 N–H and O–H groups in total. The normalized spacial score (nSPS) is 27.1.